The maximum atomic E-state index is 13.2. The van der Waals surface area contributed by atoms with Gasteiger partial charge in [0.25, 0.3) is 0 Å². The van der Waals surface area contributed by atoms with Crippen molar-refractivity contribution in [2.45, 2.75) is 13.0 Å². The van der Waals surface area contributed by atoms with Gasteiger partial charge in [-0.15, -0.1) is 0 Å². The van der Waals surface area contributed by atoms with Crippen LogP contribution in [0.3, 0.4) is 0 Å². The van der Waals surface area contributed by atoms with Crippen LogP contribution >= 0.6 is 15.9 Å². The van der Waals surface area contributed by atoms with Crippen molar-refractivity contribution in [3.8, 4) is 5.75 Å². The molecule has 5 heteroatoms. The Morgan fingerprint density at radius 2 is 1.95 bits per heavy atom. The Bertz CT molecular complexity index is 619. The molecular formula is C15H16BrFN2O. The molecule has 1 atom stereocenters. The average molecular weight is 339 g/mol. The minimum atomic E-state index is -0.258. The van der Waals surface area contributed by atoms with Crippen LogP contribution in [0.4, 0.5) is 4.39 Å². The highest BCUT2D eigenvalue weighted by Crippen LogP contribution is 2.32. The molecule has 0 bridgehead atoms. The van der Waals surface area contributed by atoms with Crippen LogP contribution in [0, 0.1) is 12.7 Å². The van der Waals surface area contributed by atoms with Crippen LogP contribution in [0.1, 0.15) is 22.7 Å². The van der Waals surface area contributed by atoms with E-state index < -0.39 is 0 Å². The zero-order valence-corrected chi connectivity index (χ0v) is 12.9. The largest absolute Gasteiger partial charge is 0.497 e. The van der Waals surface area contributed by atoms with Crippen molar-refractivity contribution >= 4 is 15.9 Å². The number of hydrogen-bond donors (Lipinski definition) is 2. The Hall–Kier alpha value is -1.43. The van der Waals surface area contributed by atoms with Crippen molar-refractivity contribution in [1.29, 1.82) is 0 Å². The predicted octanol–water partition coefficient (Wildman–Crippen LogP) is 3.46. The molecule has 3 N–H and O–H groups in total. The Labute approximate surface area is 126 Å². The van der Waals surface area contributed by atoms with E-state index in [2.05, 4.69) is 21.4 Å². The molecule has 2 rings (SSSR count). The molecule has 0 amide bonds. The predicted molar refractivity (Wildman–Crippen MR) is 81.0 cm³/mol. The van der Waals surface area contributed by atoms with Crippen LogP contribution in [0.15, 0.2) is 40.9 Å². The van der Waals surface area contributed by atoms with E-state index in [1.807, 2.05) is 25.1 Å². The summed E-state index contributed by atoms with van der Waals surface area (Å²) < 4.78 is 19.4. The monoisotopic (exact) mass is 338 g/mol. The molecule has 106 valence electrons. The summed E-state index contributed by atoms with van der Waals surface area (Å²) in [6, 6.07) is 10.1. The number of methoxy groups -OCH3 is 1. The second-order valence-electron chi connectivity index (χ2n) is 4.49. The third-order valence-electron chi connectivity index (χ3n) is 3.22. The first-order valence-electron chi connectivity index (χ1n) is 6.12. The van der Waals surface area contributed by atoms with Gasteiger partial charge in [-0.2, -0.15) is 0 Å². The van der Waals surface area contributed by atoms with Crippen LogP contribution in [0.2, 0.25) is 0 Å². The number of nitrogens with two attached hydrogens (primary N) is 1. The highest BCUT2D eigenvalue weighted by Gasteiger charge is 2.18. The van der Waals surface area contributed by atoms with Crippen LogP contribution in [0.25, 0.3) is 0 Å². The molecule has 0 aliphatic carbocycles. The Morgan fingerprint density at radius 3 is 2.55 bits per heavy atom. The van der Waals surface area contributed by atoms with Gasteiger partial charge in [-0.3, -0.25) is 5.84 Å². The van der Waals surface area contributed by atoms with E-state index in [9.17, 15) is 4.39 Å². The molecule has 1 unspecified atom stereocenters. The molecule has 20 heavy (non-hydrogen) atoms. The molecule has 0 saturated heterocycles. The zero-order chi connectivity index (χ0) is 14.7. The summed E-state index contributed by atoms with van der Waals surface area (Å²) in [4.78, 5) is 0. The van der Waals surface area contributed by atoms with Crippen molar-refractivity contribution in [1.82, 2.24) is 5.43 Å². The number of halogens is 2. The highest BCUT2D eigenvalue weighted by atomic mass is 79.9. The van der Waals surface area contributed by atoms with E-state index in [0.29, 0.717) is 0 Å². The van der Waals surface area contributed by atoms with Gasteiger partial charge in [0.15, 0.2) is 0 Å². The molecule has 2 aromatic carbocycles. The zero-order valence-electron chi connectivity index (χ0n) is 11.3. The van der Waals surface area contributed by atoms with Gasteiger partial charge in [0.1, 0.15) is 11.6 Å². The number of hydrazine groups is 1. The third kappa shape index (κ3) is 3.00. The van der Waals surface area contributed by atoms with Crippen molar-refractivity contribution < 1.29 is 9.13 Å². The van der Waals surface area contributed by atoms with E-state index >= 15 is 0 Å². The fourth-order valence-electron chi connectivity index (χ4n) is 2.18. The van der Waals surface area contributed by atoms with Crippen LogP contribution in [0.5, 0.6) is 5.75 Å². The Morgan fingerprint density at radius 1 is 1.20 bits per heavy atom. The van der Waals surface area contributed by atoms with Gasteiger partial charge in [-0.1, -0.05) is 22.0 Å². The molecule has 0 aromatic heterocycles. The number of rotatable bonds is 4. The average Bonchev–Trinajstić information content (AvgIpc) is 2.43. The van der Waals surface area contributed by atoms with E-state index in [1.165, 1.54) is 12.1 Å². The third-order valence-corrected chi connectivity index (χ3v) is 3.95. The Balaban J connectivity index is 2.51. The normalized spacial score (nSPS) is 12.2. The molecule has 0 aliphatic heterocycles. The molecule has 0 saturated carbocycles. The van der Waals surface area contributed by atoms with E-state index in [-0.39, 0.29) is 11.9 Å². The van der Waals surface area contributed by atoms with Crippen molar-refractivity contribution in [3.05, 3.63) is 63.4 Å². The highest BCUT2D eigenvalue weighted by molar-refractivity contribution is 9.10. The van der Waals surface area contributed by atoms with Gasteiger partial charge in [0.2, 0.25) is 0 Å². The van der Waals surface area contributed by atoms with Crippen LogP contribution in [-0.2, 0) is 0 Å². The molecule has 0 fully saturated rings. The SMILES string of the molecule is COc1ccc(Br)c(C(NN)c2ccc(F)cc2C)c1. The summed E-state index contributed by atoms with van der Waals surface area (Å²) in [5, 5.41) is 0. The van der Waals surface area contributed by atoms with Gasteiger partial charge in [-0.25, -0.2) is 9.82 Å². The maximum Gasteiger partial charge on any atom is 0.123 e. The molecule has 0 heterocycles. The first kappa shape index (κ1) is 15.0. The molecule has 2 aromatic rings. The number of nitrogens with one attached hydrogen (secondary N) is 1. The van der Waals surface area contributed by atoms with Crippen molar-refractivity contribution in [2.75, 3.05) is 7.11 Å². The van der Waals surface area contributed by atoms with Gasteiger partial charge in [0.05, 0.1) is 13.2 Å². The number of aryl methyl sites for hydroxylation is 1. The van der Waals surface area contributed by atoms with E-state index in [4.69, 9.17) is 10.6 Å². The van der Waals surface area contributed by atoms with Crippen molar-refractivity contribution in [2.24, 2.45) is 5.84 Å². The molecule has 3 nitrogen and oxygen atoms in total. The second kappa shape index (κ2) is 6.35. The lowest BCUT2D eigenvalue weighted by molar-refractivity contribution is 0.413. The standard InChI is InChI=1S/C15H16BrFN2O/c1-9-7-10(17)3-5-12(9)15(19-18)13-8-11(20-2)4-6-14(13)16/h3-8,15,19H,18H2,1-2H3. The van der Waals surface area contributed by atoms with Crippen molar-refractivity contribution in [3.63, 3.8) is 0 Å². The minimum absolute atomic E-state index is 0.250. The molecular weight excluding hydrogens is 323 g/mol. The lowest BCUT2D eigenvalue weighted by Crippen LogP contribution is -2.29. The summed E-state index contributed by atoms with van der Waals surface area (Å²) in [6.07, 6.45) is 0. The molecule has 0 radical (unpaired) electrons. The summed E-state index contributed by atoms with van der Waals surface area (Å²) in [5.41, 5.74) is 5.47. The van der Waals surface area contributed by atoms with Gasteiger partial charge in [0, 0.05) is 4.47 Å². The smallest absolute Gasteiger partial charge is 0.123 e. The topological polar surface area (TPSA) is 47.3 Å². The van der Waals surface area contributed by atoms with E-state index in [1.54, 1.807) is 13.2 Å². The lowest BCUT2D eigenvalue weighted by Gasteiger charge is -2.21. The van der Waals surface area contributed by atoms with E-state index in [0.717, 1.165) is 26.9 Å². The second-order valence-corrected chi connectivity index (χ2v) is 5.34. The molecule has 0 aliphatic rings. The number of hydrogen-bond acceptors (Lipinski definition) is 3. The quantitative estimate of drug-likeness (QED) is 0.663. The number of benzene rings is 2. The maximum absolute atomic E-state index is 13.2. The first-order valence-corrected chi connectivity index (χ1v) is 6.91. The lowest BCUT2D eigenvalue weighted by atomic mass is 9.95. The summed E-state index contributed by atoms with van der Waals surface area (Å²) in [5.74, 6) is 6.18. The number of ether oxygens (including phenoxy) is 1. The summed E-state index contributed by atoms with van der Waals surface area (Å²) in [6.45, 7) is 1.86. The first-order chi connectivity index (χ1) is 9.56. The van der Waals surface area contributed by atoms with Crippen LogP contribution < -0.4 is 16.0 Å². The van der Waals surface area contributed by atoms with Gasteiger partial charge in [-0.05, 0) is 53.9 Å². The minimum Gasteiger partial charge on any atom is -0.497 e. The fraction of sp³-hybridized carbons (Fsp3) is 0.200. The summed E-state index contributed by atoms with van der Waals surface area (Å²) >= 11 is 3.51. The fourth-order valence-corrected chi connectivity index (χ4v) is 2.66. The Kier molecular flexibility index (Phi) is 4.75. The van der Waals surface area contributed by atoms with Gasteiger partial charge < -0.3 is 4.74 Å². The van der Waals surface area contributed by atoms with Crippen LogP contribution in [-0.4, -0.2) is 7.11 Å². The molecule has 0 spiro atoms. The van der Waals surface area contributed by atoms with Gasteiger partial charge >= 0.3 is 0 Å². The summed E-state index contributed by atoms with van der Waals surface area (Å²) in [7, 11) is 1.61.